The number of H-pyrrole nitrogens is 1. The Bertz CT molecular complexity index is 398. The van der Waals surface area contributed by atoms with E-state index in [1.54, 1.807) is 0 Å². The number of phenols is 1. The molecule has 0 aliphatic carbocycles. The van der Waals surface area contributed by atoms with Crippen LogP contribution >= 0.6 is 0 Å². The zero-order chi connectivity index (χ0) is 7.84. The molecule has 2 aromatic rings. The predicted molar refractivity (Wildman–Crippen MR) is 40.3 cm³/mol. The van der Waals surface area contributed by atoms with Crippen molar-refractivity contribution >= 4 is 11.0 Å². The summed E-state index contributed by atoms with van der Waals surface area (Å²) >= 11 is 0. The second kappa shape index (κ2) is 3.26. The number of rotatable bonds is 0. The van der Waals surface area contributed by atoms with Crippen molar-refractivity contribution in [2.45, 2.75) is 6.92 Å². The van der Waals surface area contributed by atoms with Crippen molar-refractivity contribution in [3.63, 3.8) is 0 Å². The molecule has 1 radical (unpaired) electrons. The molecule has 4 nitrogen and oxygen atoms in total. The van der Waals surface area contributed by atoms with Crippen molar-refractivity contribution in [2.75, 3.05) is 0 Å². The SMILES string of the molecule is Cc1ccc2[nH]nnc2c1O.[Ag]. The number of aromatic nitrogens is 3. The van der Waals surface area contributed by atoms with Crippen LogP contribution in [-0.4, -0.2) is 20.5 Å². The molecule has 1 aromatic heterocycles. The zero-order valence-electron chi connectivity index (χ0n) is 6.30. The van der Waals surface area contributed by atoms with Gasteiger partial charge in [0.25, 0.3) is 0 Å². The monoisotopic (exact) mass is 256 g/mol. The minimum Gasteiger partial charge on any atom is -0.505 e. The van der Waals surface area contributed by atoms with E-state index >= 15 is 0 Å². The van der Waals surface area contributed by atoms with Crippen LogP contribution in [0.3, 0.4) is 0 Å². The van der Waals surface area contributed by atoms with Crippen molar-refractivity contribution < 1.29 is 27.5 Å². The van der Waals surface area contributed by atoms with Crippen LogP contribution in [0.1, 0.15) is 5.56 Å². The first kappa shape index (κ1) is 9.25. The molecule has 0 aliphatic rings. The molecule has 0 bridgehead atoms. The Hall–Kier alpha value is -0.840. The summed E-state index contributed by atoms with van der Waals surface area (Å²) in [5, 5.41) is 19.4. The van der Waals surface area contributed by atoms with Crippen LogP contribution in [0, 0.1) is 6.92 Å². The number of hydrogen-bond acceptors (Lipinski definition) is 3. The molecule has 0 saturated heterocycles. The van der Waals surface area contributed by atoms with Crippen molar-refractivity contribution in [1.82, 2.24) is 15.4 Å². The largest absolute Gasteiger partial charge is 0.505 e. The molecule has 12 heavy (non-hydrogen) atoms. The molecule has 1 aromatic carbocycles. The van der Waals surface area contributed by atoms with E-state index in [9.17, 15) is 5.11 Å². The van der Waals surface area contributed by atoms with Gasteiger partial charge in [-0.25, -0.2) is 0 Å². The van der Waals surface area contributed by atoms with E-state index < -0.39 is 0 Å². The van der Waals surface area contributed by atoms with Crippen LogP contribution in [0.5, 0.6) is 5.75 Å². The molecule has 2 rings (SSSR count). The number of aromatic hydroxyl groups is 1. The van der Waals surface area contributed by atoms with Gasteiger partial charge in [-0.3, -0.25) is 5.10 Å². The normalized spacial score (nSPS) is 9.75. The Morgan fingerprint density at radius 2 is 2.17 bits per heavy atom. The van der Waals surface area contributed by atoms with Gasteiger partial charge in [-0.2, -0.15) is 0 Å². The Labute approximate surface area is 84.5 Å². The maximum absolute atomic E-state index is 9.42. The molecule has 0 aliphatic heterocycles. The summed E-state index contributed by atoms with van der Waals surface area (Å²) in [5.41, 5.74) is 2.10. The van der Waals surface area contributed by atoms with Gasteiger partial charge in [0.05, 0.1) is 5.52 Å². The predicted octanol–water partition coefficient (Wildman–Crippen LogP) is 0.969. The summed E-state index contributed by atoms with van der Waals surface area (Å²) in [6.45, 7) is 1.82. The molecule has 2 N–H and O–H groups in total. The molecule has 0 amide bonds. The number of phenolic OH excluding ortho intramolecular Hbond substituents is 1. The molecule has 0 atom stereocenters. The average molecular weight is 257 g/mol. The summed E-state index contributed by atoms with van der Waals surface area (Å²) in [6.07, 6.45) is 0. The van der Waals surface area contributed by atoms with Gasteiger partial charge < -0.3 is 5.11 Å². The maximum Gasteiger partial charge on any atom is 0.154 e. The van der Waals surface area contributed by atoms with Crippen LogP contribution in [0.25, 0.3) is 11.0 Å². The van der Waals surface area contributed by atoms with Crippen molar-refractivity contribution in [1.29, 1.82) is 0 Å². The number of nitrogens with one attached hydrogen (secondary N) is 1. The number of benzene rings is 1. The fourth-order valence-corrected chi connectivity index (χ4v) is 1.00. The summed E-state index contributed by atoms with van der Waals surface area (Å²) < 4.78 is 0. The van der Waals surface area contributed by atoms with Crippen LogP contribution in [0.4, 0.5) is 0 Å². The third-order valence-corrected chi connectivity index (χ3v) is 1.67. The van der Waals surface area contributed by atoms with Crippen LogP contribution in [0.15, 0.2) is 12.1 Å². The molecular formula is C7H7AgN3O. The van der Waals surface area contributed by atoms with Gasteiger partial charge in [0, 0.05) is 22.4 Å². The van der Waals surface area contributed by atoms with Gasteiger partial charge in [-0.15, -0.1) is 5.10 Å². The van der Waals surface area contributed by atoms with Gasteiger partial charge in [0.2, 0.25) is 0 Å². The molecule has 0 fully saturated rings. The summed E-state index contributed by atoms with van der Waals surface area (Å²) in [7, 11) is 0. The number of nitrogens with zero attached hydrogens (tertiary/aromatic N) is 2. The molecule has 5 heteroatoms. The smallest absolute Gasteiger partial charge is 0.154 e. The van der Waals surface area contributed by atoms with Gasteiger partial charge >= 0.3 is 0 Å². The fourth-order valence-electron chi connectivity index (χ4n) is 1.00. The Morgan fingerprint density at radius 3 is 2.92 bits per heavy atom. The van der Waals surface area contributed by atoms with Crippen LogP contribution in [-0.2, 0) is 22.4 Å². The van der Waals surface area contributed by atoms with Gasteiger partial charge in [-0.1, -0.05) is 11.3 Å². The van der Waals surface area contributed by atoms with E-state index in [1.807, 2.05) is 19.1 Å². The van der Waals surface area contributed by atoms with E-state index in [0.717, 1.165) is 11.1 Å². The maximum atomic E-state index is 9.42. The molecule has 0 unspecified atom stereocenters. The Morgan fingerprint density at radius 1 is 1.42 bits per heavy atom. The summed E-state index contributed by atoms with van der Waals surface area (Å²) in [6, 6.07) is 3.65. The van der Waals surface area contributed by atoms with E-state index in [-0.39, 0.29) is 28.1 Å². The van der Waals surface area contributed by atoms with Gasteiger partial charge in [0.1, 0.15) is 5.75 Å². The van der Waals surface area contributed by atoms with Gasteiger partial charge in [0.15, 0.2) is 5.52 Å². The molecule has 0 saturated carbocycles. The molecule has 0 spiro atoms. The minimum absolute atomic E-state index is 0. The van der Waals surface area contributed by atoms with Crippen LogP contribution in [0.2, 0.25) is 0 Å². The van der Waals surface area contributed by atoms with Crippen molar-refractivity contribution in [3.05, 3.63) is 17.7 Å². The second-order valence-corrected chi connectivity index (χ2v) is 2.44. The molecule has 1 heterocycles. The summed E-state index contributed by atoms with van der Waals surface area (Å²) in [4.78, 5) is 0. The Kier molecular flexibility index (Phi) is 2.52. The number of aryl methyl sites for hydroxylation is 1. The van der Waals surface area contributed by atoms with Crippen LogP contribution < -0.4 is 0 Å². The van der Waals surface area contributed by atoms with Crippen molar-refractivity contribution in [3.8, 4) is 5.75 Å². The van der Waals surface area contributed by atoms with E-state index in [0.29, 0.717) is 5.52 Å². The number of hydrogen-bond donors (Lipinski definition) is 2. The van der Waals surface area contributed by atoms with E-state index in [4.69, 9.17) is 0 Å². The van der Waals surface area contributed by atoms with Crippen molar-refractivity contribution in [2.24, 2.45) is 0 Å². The average Bonchev–Trinajstić information content (AvgIpc) is 2.45. The Balaban J connectivity index is 0.000000720. The molecule has 67 valence electrons. The fraction of sp³-hybridized carbons (Fsp3) is 0.143. The third kappa shape index (κ3) is 1.24. The number of aromatic amines is 1. The minimum atomic E-state index is 0. The topological polar surface area (TPSA) is 61.8 Å². The first-order chi connectivity index (χ1) is 5.29. The first-order valence-electron chi connectivity index (χ1n) is 3.28. The standard InChI is InChI=1S/C7H7N3O.Ag/c1-4-2-3-5-6(7(4)11)9-10-8-5;/h2-3,11H,1H3,(H,8,9,10);. The first-order valence-corrected chi connectivity index (χ1v) is 3.28. The quantitative estimate of drug-likeness (QED) is 0.691. The molecular weight excluding hydrogens is 250 g/mol. The zero-order valence-corrected chi connectivity index (χ0v) is 7.78. The van der Waals surface area contributed by atoms with E-state index in [1.165, 1.54) is 0 Å². The summed E-state index contributed by atoms with van der Waals surface area (Å²) in [5.74, 6) is 0.205. The van der Waals surface area contributed by atoms with E-state index in [2.05, 4.69) is 15.4 Å². The van der Waals surface area contributed by atoms with Gasteiger partial charge in [-0.05, 0) is 18.6 Å². The second-order valence-electron chi connectivity index (χ2n) is 2.44. The number of fused-ring (bicyclic) bond motifs is 1. The third-order valence-electron chi connectivity index (χ3n) is 1.67.